The van der Waals surface area contributed by atoms with Crippen LogP contribution in [0.25, 0.3) is 0 Å². The number of hydrogen-bond acceptors (Lipinski definition) is 5. The molecule has 0 spiro atoms. The number of methoxy groups -OCH3 is 1. The van der Waals surface area contributed by atoms with E-state index < -0.39 is 5.54 Å². The first-order valence-corrected chi connectivity index (χ1v) is 8.89. The Hall–Kier alpha value is -2.86. The molecule has 1 amide bonds. The fraction of sp³-hybridized carbons (Fsp3) is 0.333. The lowest BCUT2D eigenvalue weighted by Crippen LogP contribution is -2.47. The van der Waals surface area contributed by atoms with E-state index in [1.54, 1.807) is 12.1 Å². The van der Waals surface area contributed by atoms with Gasteiger partial charge in [-0.1, -0.05) is 37.3 Å². The topological polar surface area (TPSA) is 76.7 Å². The summed E-state index contributed by atoms with van der Waals surface area (Å²) in [6.07, 6.45) is 0.879. The molecule has 2 aromatic rings. The van der Waals surface area contributed by atoms with Crippen molar-refractivity contribution in [1.29, 1.82) is 0 Å². The smallest absolute Gasteiger partial charge is 0.307 e. The molecule has 1 atom stereocenters. The van der Waals surface area contributed by atoms with Crippen LogP contribution in [-0.2, 0) is 14.3 Å². The minimum absolute atomic E-state index is 0.0704. The van der Waals surface area contributed by atoms with Gasteiger partial charge in [-0.2, -0.15) is 0 Å². The van der Waals surface area contributed by atoms with Crippen molar-refractivity contribution in [2.24, 2.45) is 0 Å². The van der Waals surface area contributed by atoms with Crippen molar-refractivity contribution in [3.05, 3.63) is 54.6 Å². The second-order valence-corrected chi connectivity index (χ2v) is 6.48. The number of esters is 1. The highest BCUT2D eigenvalue weighted by atomic mass is 16.5. The molecule has 2 rings (SSSR count). The molecule has 0 fully saturated rings. The first kappa shape index (κ1) is 20.5. The van der Waals surface area contributed by atoms with E-state index in [2.05, 4.69) is 10.6 Å². The van der Waals surface area contributed by atoms with E-state index in [4.69, 9.17) is 9.47 Å². The molecule has 0 radical (unpaired) electrons. The number of hydrogen-bond donors (Lipinski definition) is 2. The van der Waals surface area contributed by atoms with Gasteiger partial charge in [-0.15, -0.1) is 0 Å². The van der Waals surface area contributed by atoms with Crippen molar-refractivity contribution in [2.45, 2.75) is 32.2 Å². The Kier molecular flexibility index (Phi) is 7.37. The van der Waals surface area contributed by atoms with E-state index in [9.17, 15) is 9.59 Å². The van der Waals surface area contributed by atoms with Gasteiger partial charge in [0.15, 0.2) is 5.75 Å². The summed E-state index contributed by atoms with van der Waals surface area (Å²) in [5.41, 5.74) is 0.0733. The highest BCUT2D eigenvalue weighted by Gasteiger charge is 2.26. The van der Waals surface area contributed by atoms with Crippen molar-refractivity contribution in [2.75, 3.05) is 19.0 Å². The second kappa shape index (κ2) is 9.73. The number of carbonyl (C=O) groups excluding carboxylic acids is 2. The molecule has 144 valence electrons. The van der Waals surface area contributed by atoms with Crippen LogP contribution in [0.5, 0.6) is 11.5 Å². The van der Waals surface area contributed by atoms with Gasteiger partial charge in [0.2, 0.25) is 5.91 Å². The maximum Gasteiger partial charge on any atom is 0.307 e. The molecule has 6 heteroatoms. The fourth-order valence-corrected chi connectivity index (χ4v) is 2.47. The zero-order valence-electron chi connectivity index (χ0n) is 16.0. The third kappa shape index (κ3) is 6.42. The molecular weight excluding hydrogens is 344 g/mol. The van der Waals surface area contributed by atoms with Crippen LogP contribution in [0, 0.1) is 0 Å². The van der Waals surface area contributed by atoms with Crippen LogP contribution in [0.4, 0.5) is 5.69 Å². The molecule has 0 saturated carbocycles. The molecule has 0 aliphatic rings. The maximum absolute atomic E-state index is 12.4. The number of amides is 1. The molecule has 0 saturated heterocycles. The second-order valence-electron chi connectivity index (χ2n) is 6.48. The van der Waals surface area contributed by atoms with Crippen LogP contribution in [0.2, 0.25) is 0 Å². The first-order chi connectivity index (χ1) is 13.0. The summed E-state index contributed by atoms with van der Waals surface area (Å²) in [5, 5.41) is 6.00. The standard InChI is InChI=1S/C21H26N2O4/c1-4-21(2,14-20(25)26-3)22-15-19(24)23-17-12-8-9-13-18(17)27-16-10-6-5-7-11-16/h5-13,22H,4,14-15H2,1-3H3,(H,23,24). The lowest BCUT2D eigenvalue weighted by Gasteiger charge is -2.28. The van der Waals surface area contributed by atoms with Crippen molar-refractivity contribution in [1.82, 2.24) is 5.32 Å². The molecule has 0 bridgehead atoms. The minimum Gasteiger partial charge on any atom is -0.469 e. The van der Waals surface area contributed by atoms with Gasteiger partial charge in [0.25, 0.3) is 0 Å². The van der Waals surface area contributed by atoms with E-state index in [0.29, 0.717) is 23.6 Å². The molecule has 1 unspecified atom stereocenters. The molecule has 2 aromatic carbocycles. The molecule has 0 aliphatic heterocycles. The Morgan fingerprint density at radius 3 is 2.37 bits per heavy atom. The van der Waals surface area contributed by atoms with Crippen LogP contribution in [-0.4, -0.2) is 31.1 Å². The minimum atomic E-state index is -0.509. The van der Waals surface area contributed by atoms with Crippen molar-refractivity contribution >= 4 is 17.6 Å². The van der Waals surface area contributed by atoms with Gasteiger partial charge >= 0.3 is 5.97 Å². The Bertz CT molecular complexity index is 764. The van der Waals surface area contributed by atoms with Crippen LogP contribution < -0.4 is 15.4 Å². The molecule has 0 aromatic heterocycles. The molecule has 2 N–H and O–H groups in total. The van der Waals surface area contributed by atoms with E-state index >= 15 is 0 Å². The summed E-state index contributed by atoms with van der Waals surface area (Å²) >= 11 is 0. The Morgan fingerprint density at radius 1 is 1.04 bits per heavy atom. The number of nitrogens with one attached hydrogen (secondary N) is 2. The van der Waals surface area contributed by atoms with Gasteiger partial charge in [-0.3, -0.25) is 9.59 Å². The quantitative estimate of drug-likeness (QED) is 0.658. The zero-order valence-corrected chi connectivity index (χ0v) is 16.0. The fourth-order valence-electron chi connectivity index (χ4n) is 2.47. The summed E-state index contributed by atoms with van der Waals surface area (Å²) in [6.45, 7) is 3.92. The average Bonchev–Trinajstić information content (AvgIpc) is 2.68. The summed E-state index contributed by atoms with van der Waals surface area (Å²) < 4.78 is 10.6. The normalized spacial score (nSPS) is 12.7. The highest BCUT2D eigenvalue weighted by molar-refractivity contribution is 5.93. The Balaban J connectivity index is 1.98. The van der Waals surface area contributed by atoms with E-state index in [0.717, 1.165) is 0 Å². The van der Waals surface area contributed by atoms with Gasteiger partial charge < -0.3 is 20.1 Å². The van der Waals surface area contributed by atoms with E-state index in [1.165, 1.54) is 7.11 Å². The third-order valence-electron chi connectivity index (χ3n) is 4.35. The third-order valence-corrected chi connectivity index (χ3v) is 4.35. The summed E-state index contributed by atoms with van der Waals surface area (Å²) in [6, 6.07) is 16.6. The van der Waals surface area contributed by atoms with Crippen molar-refractivity contribution in [3.63, 3.8) is 0 Å². The maximum atomic E-state index is 12.4. The number of benzene rings is 2. The SMILES string of the molecule is CCC(C)(CC(=O)OC)NCC(=O)Nc1ccccc1Oc1ccccc1. The molecular formula is C21H26N2O4. The Labute approximate surface area is 159 Å². The predicted molar refractivity (Wildman–Crippen MR) is 105 cm³/mol. The summed E-state index contributed by atoms with van der Waals surface area (Å²) in [4.78, 5) is 24.0. The van der Waals surface area contributed by atoms with Crippen LogP contribution in [0.3, 0.4) is 0 Å². The van der Waals surface area contributed by atoms with Crippen molar-refractivity contribution < 1.29 is 19.1 Å². The van der Waals surface area contributed by atoms with Crippen LogP contribution in [0.1, 0.15) is 26.7 Å². The number of anilines is 1. The lowest BCUT2D eigenvalue weighted by molar-refractivity contribution is -0.142. The van der Waals surface area contributed by atoms with Gasteiger partial charge in [0, 0.05) is 5.54 Å². The molecule has 0 aliphatic carbocycles. The zero-order chi connectivity index (χ0) is 19.7. The van der Waals surface area contributed by atoms with Gasteiger partial charge in [-0.05, 0) is 37.6 Å². The Morgan fingerprint density at radius 2 is 1.70 bits per heavy atom. The van der Waals surface area contributed by atoms with Crippen LogP contribution >= 0.6 is 0 Å². The summed E-state index contributed by atoms with van der Waals surface area (Å²) in [5.74, 6) is 0.719. The molecule has 6 nitrogen and oxygen atoms in total. The largest absolute Gasteiger partial charge is 0.469 e. The first-order valence-electron chi connectivity index (χ1n) is 8.89. The van der Waals surface area contributed by atoms with Crippen LogP contribution in [0.15, 0.2) is 54.6 Å². The summed E-state index contributed by atoms with van der Waals surface area (Å²) in [7, 11) is 1.36. The van der Waals surface area contributed by atoms with E-state index in [-0.39, 0.29) is 24.8 Å². The number of para-hydroxylation sites is 3. The molecule has 0 heterocycles. The average molecular weight is 370 g/mol. The number of carbonyl (C=O) groups is 2. The van der Waals surface area contributed by atoms with Crippen molar-refractivity contribution in [3.8, 4) is 11.5 Å². The monoisotopic (exact) mass is 370 g/mol. The van der Waals surface area contributed by atoms with Gasteiger partial charge in [0.05, 0.1) is 25.8 Å². The highest BCUT2D eigenvalue weighted by Crippen LogP contribution is 2.29. The lowest BCUT2D eigenvalue weighted by atomic mass is 9.94. The predicted octanol–water partition coefficient (Wildman–Crippen LogP) is 3.74. The van der Waals surface area contributed by atoms with Gasteiger partial charge in [0.1, 0.15) is 5.75 Å². The number of ether oxygens (including phenoxy) is 2. The van der Waals surface area contributed by atoms with E-state index in [1.807, 2.05) is 56.3 Å². The number of rotatable bonds is 9. The molecule has 27 heavy (non-hydrogen) atoms. The van der Waals surface area contributed by atoms with Gasteiger partial charge in [-0.25, -0.2) is 0 Å².